The number of ether oxygens (including phenoxy) is 1. The second kappa shape index (κ2) is 6.57. The molecule has 126 valence electrons. The first-order valence-corrected chi connectivity index (χ1v) is 6.55. The van der Waals surface area contributed by atoms with Crippen LogP contribution in [0.3, 0.4) is 0 Å². The van der Waals surface area contributed by atoms with Crippen LogP contribution in [-0.4, -0.2) is 24.1 Å². The third-order valence-corrected chi connectivity index (χ3v) is 3.06. The van der Waals surface area contributed by atoms with E-state index in [2.05, 4.69) is 15.0 Å². The molecule has 0 radical (unpaired) electrons. The molecule has 2 aromatic rings. The van der Waals surface area contributed by atoms with E-state index >= 15 is 0 Å². The highest BCUT2D eigenvalue weighted by Crippen LogP contribution is 2.31. The van der Waals surface area contributed by atoms with Gasteiger partial charge < -0.3 is 15.8 Å². The van der Waals surface area contributed by atoms with E-state index in [0.717, 1.165) is 12.3 Å². The Morgan fingerprint density at radius 2 is 1.92 bits per heavy atom. The molecule has 0 saturated carbocycles. The number of rotatable bonds is 3. The number of carbonyl (C=O) groups is 2. The van der Waals surface area contributed by atoms with Crippen LogP contribution in [0.2, 0.25) is 0 Å². The van der Waals surface area contributed by atoms with Gasteiger partial charge in [-0.1, -0.05) is 6.07 Å². The summed E-state index contributed by atoms with van der Waals surface area (Å²) in [6.45, 7) is 0. The lowest BCUT2D eigenvalue weighted by molar-refractivity contribution is -0.141. The van der Waals surface area contributed by atoms with Crippen molar-refractivity contribution in [3.8, 4) is 11.1 Å². The molecule has 1 aromatic heterocycles. The minimum absolute atomic E-state index is 0.106. The Balaban J connectivity index is 2.52. The molecular weight excluding hydrogens is 327 g/mol. The van der Waals surface area contributed by atoms with Gasteiger partial charge in [0.15, 0.2) is 0 Å². The van der Waals surface area contributed by atoms with Gasteiger partial charge in [-0.15, -0.1) is 0 Å². The molecule has 9 heteroatoms. The maximum atomic E-state index is 12.6. The van der Waals surface area contributed by atoms with Crippen LogP contribution >= 0.6 is 0 Å². The highest BCUT2D eigenvalue weighted by molar-refractivity contribution is 5.99. The number of nitrogens with one attached hydrogen (secondary N) is 1. The summed E-state index contributed by atoms with van der Waals surface area (Å²) in [6, 6.07) is 5.32. The number of aromatic nitrogens is 1. The Kier molecular flexibility index (Phi) is 4.72. The van der Waals surface area contributed by atoms with Gasteiger partial charge in [0.25, 0.3) is 0 Å². The SMILES string of the molecule is COC(=O)c1ccc(NC(N)=O)cc1-c1ccc(C(F)(F)F)nc1. The zero-order valence-corrected chi connectivity index (χ0v) is 12.3. The van der Waals surface area contributed by atoms with Crippen molar-refractivity contribution < 1.29 is 27.5 Å². The highest BCUT2D eigenvalue weighted by Gasteiger charge is 2.32. The molecular formula is C15H12F3N3O3. The predicted molar refractivity (Wildman–Crippen MR) is 79.2 cm³/mol. The summed E-state index contributed by atoms with van der Waals surface area (Å²) < 4.78 is 42.4. The third-order valence-electron chi connectivity index (χ3n) is 3.06. The lowest BCUT2D eigenvalue weighted by atomic mass is 10.00. The molecule has 0 spiro atoms. The lowest BCUT2D eigenvalue weighted by Crippen LogP contribution is -2.19. The topological polar surface area (TPSA) is 94.3 Å². The monoisotopic (exact) mass is 339 g/mol. The number of esters is 1. The van der Waals surface area contributed by atoms with Crippen molar-refractivity contribution >= 4 is 17.7 Å². The van der Waals surface area contributed by atoms with E-state index in [9.17, 15) is 22.8 Å². The number of urea groups is 1. The van der Waals surface area contributed by atoms with E-state index in [-0.39, 0.29) is 22.4 Å². The molecule has 0 bridgehead atoms. The van der Waals surface area contributed by atoms with Gasteiger partial charge in [-0.05, 0) is 29.8 Å². The summed E-state index contributed by atoms with van der Waals surface area (Å²) in [5.74, 6) is -0.685. The Morgan fingerprint density at radius 1 is 1.21 bits per heavy atom. The number of methoxy groups -OCH3 is 1. The number of hydrogen-bond acceptors (Lipinski definition) is 4. The molecule has 6 nitrogen and oxygen atoms in total. The predicted octanol–water partition coefficient (Wildman–Crippen LogP) is 3.04. The van der Waals surface area contributed by atoms with Gasteiger partial charge in [-0.25, -0.2) is 9.59 Å². The second-order valence-corrected chi connectivity index (χ2v) is 4.67. The number of primary amides is 1. The van der Waals surface area contributed by atoms with Crippen molar-refractivity contribution in [1.29, 1.82) is 0 Å². The first-order chi connectivity index (χ1) is 11.2. The minimum atomic E-state index is -4.57. The second-order valence-electron chi connectivity index (χ2n) is 4.67. The van der Waals surface area contributed by atoms with Crippen LogP contribution in [0.1, 0.15) is 16.1 Å². The van der Waals surface area contributed by atoms with E-state index in [4.69, 9.17) is 5.73 Å². The smallest absolute Gasteiger partial charge is 0.433 e. The Morgan fingerprint density at radius 3 is 2.42 bits per heavy atom. The summed E-state index contributed by atoms with van der Waals surface area (Å²) in [6.07, 6.45) is -3.59. The van der Waals surface area contributed by atoms with Gasteiger partial charge in [0.05, 0.1) is 12.7 Å². The first-order valence-electron chi connectivity index (χ1n) is 6.55. The van der Waals surface area contributed by atoms with Gasteiger partial charge in [0, 0.05) is 17.4 Å². The molecule has 0 aliphatic carbocycles. The quantitative estimate of drug-likeness (QED) is 0.840. The summed E-state index contributed by atoms with van der Waals surface area (Å²) >= 11 is 0. The van der Waals surface area contributed by atoms with Crippen LogP contribution in [0.4, 0.5) is 23.7 Å². The molecule has 1 heterocycles. The van der Waals surface area contributed by atoms with Gasteiger partial charge >= 0.3 is 18.2 Å². The van der Waals surface area contributed by atoms with Crippen molar-refractivity contribution in [2.24, 2.45) is 5.73 Å². The molecule has 0 unspecified atom stereocenters. The number of nitrogens with two attached hydrogens (primary N) is 1. The molecule has 2 amide bonds. The number of nitrogens with zero attached hydrogens (tertiary/aromatic N) is 1. The number of hydrogen-bond donors (Lipinski definition) is 2. The van der Waals surface area contributed by atoms with E-state index < -0.39 is 23.9 Å². The van der Waals surface area contributed by atoms with Crippen molar-refractivity contribution in [1.82, 2.24) is 4.98 Å². The number of anilines is 1. The van der Waals surface area contributed by atoms with Gasteiger partial charge in [-0.3, -0.25) is 4.98 Å². The van der Waals surface area contributed by atoms with Gasteiger partial charge in [-0.2, -0.15) is 13.2 Å². The van der Waals surface area contributed by atoms with Crippen molar-refractivity contribution in [2.75, 3.05) is 12.4 Å². The molecule has 3 N–H and O–H groups in total. The van der Waals surface area contributed by atoms with Crippen molar-refractivity contribution in [2.45, 2.75) is 6.18 Å². The number of halogens is 3. The highest BCUT2D eigenvalue weighted by atomic mass is 19.4. The zero-order chi connectivity index (χ0) is 17.9. The molecule has 0 atom stereocenters. The van der Waals surface area contributed by atoms with Crippen LogP contribution in [-0.2, 0) is 10.9 Å². The Bertz CT molecular complexity index is 774. The van der Waals surface area contributed by atoms with Crippen molar-refractivity contribution in [3.05, 3.63) is 47.8 Å². The molecule has 0 aliphatic heterocycles. The molecule has 1 aromatic carbocycles. The van der Waals surface area contributed by atoms with Crippen LogP contribution in [0.15, 0.2) is 36.5 Å². The first kappa shape index (κ1) is 17.3. The zero-order valence-electron chi connectivity index (χ0n) is 12.3. The molecule has 24 heavy (non-hydrogen) atoms. The van der Waals surface area contributed by atoms with Gasteiger partial charge in [0.1, 0.15) is 5.69 Å². The molecule has 0 fully saturated rings. The summed E-state index contributed by atoms with van der Waals surface area (Å²) in [5, 5.41) is 2.32. The number of benzene rings is 1. The van der Waals surface area contributed by atoms with Crippen LogP contribution in [0, 0.1) is 0 Å². The normalized spacial score (nSPS) is 11.0. The standard InChI is InChI=1S/C15H12F3N3O3/c1-24-13(22)10-4-3-9(21-14(19)23)6-11(10)8-2-5-12(20-7-8)15(16,17)18/h2-7H,1H3,(H3,19,21,23). The summed E-state index contributed by atoms with van der Waals surface area (Å²) in [5.41, 5.74) is 4.83. The van der Waals surface area contributed by atoms with Crippen LogP contribution in [0.25, 0.3) is 11.1 Å². The Hall–Kier alpha value is -3.10. The summed E-state index contributed by atoms with van der Waals surface area (Å²) in [7, 11) is 1.17. The Labute approximate surface area is 134 Å². The maximum Gasteiger partial charge on any atom is 0.433 e. The van der Waals surface area contributed by atoms with Crippen molar-refractivity contribution in [3.63, 3.8) is 0 Å². The molecule has 0 aliphatic rings. The average Bonchev–Trinajstić information content (AvgIpc) is 2.53. The average molecular weight is 339 g/mol. The number of pyridine rings is 1. The van der Waals surface area contributed by atoms with E-state index in [1.54, 1.807) is 0 Å². The van der Waals surface area contributed by atoms with Crippen LogP contribution in [0.5, 0.6) is 0 Å². The maximum absolute atomic E-state index is 12.6. The van der Waals surface area contributed by atoms with Gasteiger partial charge in [0.2, 0.25) is 0 Å². The van der Waals surface area contributed by atoms with Crippen LogP contribution < -0.4 is 11.1 Å². The van der Waals surface area contributed by atoms with E-state index in [1.165, 1.54) is 31.4 Å². The largest absolute Gasteiger partial charge is 0.465 e. The molecule has 0 saturated heterocycles. The number of alkyl halides is 3. The fourth-order valence-electron chi connectivity index (χ4n) is 2.01. The fourth-order valence-corrected chi connectivity index (χ4v) is 2.01. The fraction of sp³-hybridized carbons (Fsp3) is 0.133. The van der Waals surface area contributed by atoms with E-state index in [0.29, 0.717) is 0 Å². The molecule has 2 rings (SSSR count). The summed E-state index contributed by atoms with van der Waals surface area (Å²) in [4.78, 5) is 26.1. The lowest BCUT2D eigenvalue weighted by Gasteiger charge is -2.12. The number of carbonyl (C=O) groups excluding carboxylic acids is 2. The third kappa shape index (κ3) is 3.80. The van der Waals surface area contributed by atoms with E-state index in [1.807, 2.05) is 0 Å². The minimum Gasteiger partial charge on any atom is -0.465 e. The number of amides is 2.